The van der Waals surface area contributed by atoms with E-state index in [-0.39, 0.29) is 17.9 Å². The lowest BCUT2D eigenvalue weighted by molar-refractivity contribution is -0.125. The first kappa shape index (κ1) is 20.1. The fourth-order valence-electron chi connectivity index (χ4n) is 3.78. The molecule has 4 nitrogen and oxygen atoms in total. The predicted octanol–water partition coefficient (Wildman–Crippen LogP) is 4.51. The summed E-state index contributed by atoms with van der Waals surface area (Å²) >= 11 is 0. The van der Waals surface area contributed by atoms with E-state index in [2.05, 4.69) is 12.2 Å². The maximum absolute atomic E-state index is 13.0. The van der Waals surface area contributed by atoms with E-state index in [0.29, 0.717) is 18.5 Å². The van der Waals surface area contributed by atoms with Crippen LogP contribution in [0, 0.1) is 0 Å². The van der Waals surface area contributed by atoms with E-state index in [1.165, 1.54) is 5.56 Å². The van der Waals surface area contributed by atoms with Crippen molar-refractivity contribution in [3.8, 4) is 0 Å². The van der Waals surface area contributed by atoms with Crippen molar-refractivity contribution < 1.29 is 9.59 Å². The summed E-state index contributed by atoms with van der Waals surface area (Å²) < 4.78 is 0. The number of aryl methyl sites for hydroxylation is 1. The molecule has 1 saturated heterocycles. The second-order valence-corrected chi connectivity index (χ2v) is 7.60. The second kappa shape index (κ2) is 9.54. The van der Waals surface area contributed by atoms with E-state index < -0.39 is 6.04 Å². The van der Waals surface area contributed by atoms with E-state index in [4.69, 9.17) is 0 Å². The maximum atomic E-state index is 13.0. The van der Waals surface area contributed by atoms with Crippen LogP contribution in [0.1, 0.15) is 67.1 Å². The van der Waals surface area contributed by atoms with Crippen molar-refractivity contribution in [1.29, 1.82) is 0 Å². The van der Waals surface area contributed by atoms with Gasteiger partial charge in [-0.15, -0.1) is 0 Å². The molecule has 2 unspecified atom stereocenters. The van der Waals surface area contributed by atoms with Gasteiger partial charge in [-0.1, -0.05) is 55.8 Å². The first-order valence-corrected chi connectivity index (χ1v) is 10.4. The molecule has 0 aromatic heterocycles. The Hall–Kier alpha value is -2.62. The largest absolute Gasteiger partial charge is 0.348 e. The lowest BCUT2D eigenvalue weighted by atomic mass is 10.1. The summed E-state index contributed by atoms with van der Waals surface area (Å²) in [4.78, 5) is 27.6. The van der Waals surface area contributed by atoms with E-state index in [9.17, 15) is 9.59 Å². The van der Waals surface area contributed by atoms with Crippen molar-refractivity contribution in [3.05, 3.63) is 71.3 Å². The Balaban J connectivity index is 1.64. The van der Waals surface area contributed by atoms with Gasteiger partial charge in [0.15, 0.2) is 0 Å². The van der Waals surface area contributed by atoms with Crippen LogP contribution in [-0.2, 0) is 11.2 Å². The van der Waals surface area contributed by atoms with Gasteiger partial charge in [-0.2, -0.15) is 0 Å². The summed E-state index contributed by atoms with van der Waals surface area (Å²) in [7, 11) is 0. The third-order valence-corrected chi connectivity index (χ3v) is 5.49. The third-order valence-electron chi connectivity index (χ3n) is 5.49. The number of amides is 2. The molecule has 28 heavy (non-hydrogen) atoms. The molecule has 0 aliphatic carbocycles. The predicted molar refractivity (Wildman–Crippen MR) is 112 cm³/mol. The van der Waals surface area contributed by atoms with Crippen LogP contribution in [0.3, 0.4) is 0 Å². The van der Waals surface area contributed by atoms with Crippen molar-refractivity contribution in [3.63, 3.8) is 0 Å². The lowest BCUT2D eigenvalue weighted by Gasteiger charge is -2.26. The molecule has 0 saturated carbocycles. The first-order chi connectivity index (χ1) is 13.6. The Morgan fingerprint density at radius 3 is 2.50 bits per heavy atom. The van der Waals surface area contributed by atoms with Crippen molar-refractivity contribution in [2.24, 2.45) is 0 Å². The first-order valence-electron chi connectivity index (χ1n) is 10.4. The van der Waals surface area contributed by atoms with Crippen molar-refractivity contribution >= 4 is 11.8 Å². The van der Waals surface area contributed by atoms with Gasteiger partial charge in [0.1, 0.15) is 6.04 Å². The van der Waals surface area contributed by atoms with E-state index >= 15 is 0 Å². The van der Waals surface area contributed by atoms with Gasteiger partial charge in [0.2, 0.25) is 5.91 Å². The monoisotopic (exact) mass is 378 g/mol. The molecule has 2 atom stereocenters. The Labute approximate surface area is 167 Å². The van der Waals surface area contributed by atoms with Crippen LogP contribution in [-0.4, -0.2) is 29.3 Å². The minimum atomic E-state index is -0.390. The van der Waals surface area contributed by atoms with Crippen LogP contribution in [0.5, 0.6) is 0 Å². The summed E-state index contributed by atoms with van der Waals surface area (Å²) in [6, 6.07) is 17.3. The number of nitrogens with one attached hydrogen (secondary N) is 1. The van der Waals surface area contributed by atoms with Gasteiger partial charge in [0, 0.05) is 12.1 Å². The summed E-state index contributed by atoms with van der Waals surface area (Å²) in [5, 5.41) is 3.07. The molecule has 148 valence electrons. The normalized spacial score (nSPS) is 17.4. The molecule has 4 heteroatoms. The number of carbonyl (C=O) groups excluding carboxylic acids is 2. The molecular formula is C24H30N2O2. The van der Waals surface area contributed by atoms with E-state index in [0.717, 1.165) is 31.2 Å². The highest BCUT2D eigenvalue weighted by Crippen LogP contribution is 2.22. The molecule has 1 N–H and O–H groups in total. The molecule has 0 spiro atoms. The number of unbranched alkanes of at least 4 members (excludes halogenated alkanes) is 1. The molecule has 3 rings (SSSR count). The van der Waals surface area contributed by atoms with E-state index in [1.807, 2.05) is 61.5 Å². The highest BCUT2D eigenvalue weighted by Gasteiger charge is 2.35. The average Bonchev–Trinajstić information content (AvgIpc) is 3.23. The molecule has 1 aliphatic heterocycles. The fraction of sp³-hybridized carbons (Fsp3) is 0.417. The highest BCUT2D eigenvalue weighted by molar-refractivity contribution is 5.98. The van der Waals surface area contributed by atoms with Crippen molar-refractivity contribution in [2.75, 3.05) is 6.54 Å². The van der Waals surface area contributed by atoms with Crippen molar-refractivity contribution in [1.82, 2.24) is 10.2 Å². The van der Waals surface area contributed by atoms with Gasteiger partial charge in [-0.25, -0.2) is 0 Å². The minimum absolute atomic E-state index is 0.0490. The Morgan fingerprint density at radius 1 is 1.11 bits per heavy atom. The Bertz CT molecular complexity index is 786. The number of hydrogen-bond donors (Lipinski definition) is 1. The Morgan fingerprint density at radius 2 is 1.82 bits per heavy atom. The van der Waals surface area contributed by atoms with Crippen LogP contribution in [0.15, 0.2) is 54.6 Å². The zero-order valence-electron chi connectivity index (χ0n) is 16.9. The van der Waals surface area contributed by atoms with Crippen LogP contribution in [0.4, 0.5) is 0 Å². The SMILES string of the molecule is CCCCc1ccc(C(=O)N2CCCC2C(=O)NC(C)c2ccccc2)cc1. The number of hydrogen-bond acceptors (Lipinski definition) is 2. The standard InChI is InChI=1S/C24H30N2O2/c1-3-4-9-19-13-15-21(16-14-19)24(28)26-17-8-12-22(26)23(27)25-18(2)20-10-6-5-7-11-20/h5-7,10-11,13-16,18,22H,3-4,8-9,12,17H2,1-2H3,(H,25,27). The van der Waals surface area contributed by atoms with Gasteiger partial charge in [-0.3, -0.25) is 9.59 Å². The molecule has 2 aromatic rings. The zero-order valence-corrected chi connectivity index (χ0v) is 16.9. The quantitative estimate of drug-likeness (QED) is 0.770. The third kappa shape index (κ3) is 4.80. The number of nitrogens with zero attached hydrogens (tertiary/aromatic N) is 1. The molecule has 0 radical (unpaired) electrons. The molecular weight excluding hydrogens is 348 g/mol. The highest BCUT2D eigenvalue weighted by atomic mass is 16.2. The van der Waals surface area contributed by atoms with Gasteiger partial charge >= 0.3 is 0 Å². The van der Waals surface area contributed by atoms with Crippen LogP contribution in [0.2, 0.25) is 0 Å². The number of benzene rings is 2. The average molecular weight is 379 g/mol. The van der Waals surface area contributed by atoms with Crippen molar-refractivity contribution in [2.45, 2.75) is 58.0 Å². The molecule has 2 aromatic carbocycles. The van der Waals surface area contributed by atoms with Gasteiger partial charge in [0.25, 0.3) is 5.91 Å². The van der Waals surface area contributed by atoms with Crippen LogP contribution < -0.4 is 5.32 Å². The smallest absolute Gasteiger partial charge is 0.254 e. The summed E-state index contributed by atoms with van der Waals surface area (Å²) in [6.45, 7) is 4.78. The zero-order chi connectivity index (χ0) is 19.9. The summed E-state index contributed by atoms with van der Waals surface area (Å²) in [5.74, 6) is -0.117. The molecule has 1 aliphatic rings. The molecule has 0 bridgehead atoms. The van der Waals surface area contributed by atoms with Gasteiger partial charge < -0.3 is 10.2 Å². The minimum Gasteiger partial charge on any atom is -0.348 e. The summed E-state index contributed by atoms with van der Waals surface area (Å²) in [6.07, 6.45) is 4.93. The van der Waals surface area contributed by atoms with Gasteiger partial charge in [0.05, 0.1) is 6.04 Å². The van der Waals surface area contributed by atoms with Gasteiger partial charge in [-0.05, 0) is 55.9 Å². The maximum Gasteiger partial charge on any atom is 0.254 e. The molecule has 1 fully saturated rings. The number of rotatable bonds is 7. The lowest BCUT2D eigenvalue weighted by Crippen LogP contribution is -2.46. The number of carbonyl (C=O) groups is 2. The summed E-state index contributed by atoms with van der Waals surface area (Å²) in [5.41, 5.74) is 2.98. The second-order valence-electron chi connectivity index (χ2n) is 7.60. The Kier molecular flexibility index (Phi) is 6.85. The van der Waals surface area contributed by atoms with E-state index in [1.54, 1.807) is 4.90 Å². The molecule has 2 amide bonds. The fourth-order valence-corrected chi connectivity index (χ4v) is 3.78. The molecule has 1 heterocycles. The topological polar surface area (TPSA) is 49.4 Å². The number of likely N-dealkylation sites (tertiary alicyclic amines) is 1. The van der Waals surface area contributed by atoms with Crippen LogP contribution in [0.25, 0.3) is 0 Å². The van der Waals surface area contributed by atoms with Crippen LogP contribution >= 0.6 is 0 Å².